The molecule has 0 fully saturated rings. The van der Waals surface area contributed by atoms with Crippen molar-refractivity contribution in [2.75, 3.05) is 0 Å². The molecule has 3 nitrogen and oxygen atoms in total. The van der Waals surface area contributed by atoms with Crippen molar-refractivity contribution in [3.8, 4) is 0 Å². The minimum atomic E-state index is 0.00217. The van der Waals surface area contributed by atoms with E-state index >= 15 is 0 Å². The SMILES string of the molecule is CCCCCn1ccc(=O)c2ncccc21. The van der Waals surface area contributed by atoms with Crippen molar-refractivity contribution in [2.24, 2.45) is 0 Å². The van der Waals surface area contributed by atoms with Crippen LogP contribution in [-0.2, 0) is 6.54 Å². The number of rotatable bonds is 4. The lowest BCUT2D eigenvalue weighted by molar-refractivity contribution is 0.613. The smallest absolute Gasteiger partial charge is 0.207 e. The summed E-state index contributed by atoms with van der Waals surface area (Å²) in [5.41, 5.74) is 1.51. The highest BCUT2D eigenvalue weighted by molar-refractivity contribution is 5.73. The molecule has 0 aromatic carbocycles. The molecule has 0 aliphatic carbocycles. The van der Waals surface area contributed by atoms with Crippen molar-refractivity contribution >= 4 is 11.0 Å². The van der Waals surface area contributed by atoms with E-state index in [2.05, 4.69) is 16.5 Å². The van der Waals surface area contributed by atoms with Crippen LogP contribution in [0.15, 0.2) is 35.4 Å². The Morgan fingerprint density at radius 3 is 3.00 bits per heavy atom. The first-order valence-electron chi connectivity index (χ1n) is 5.77. The highest BCUT2D eigenvalue weighted by atomic mass is 16.1. The lowest BCUT2D eigenvalue weighted by Crippen LogP contribution is -2.09. The molecule has 0 unspecified atom stereocenters. The second-order valence-electron chi connectivity index (χ2n) is 3.95. The Morgan fingerprint density at radius 1 is 1.31 bits per heavy atom. The summed E-state index contributed by atoms with van der Waals surface area (Å²) in [6.45, 7) is 3.14. The van der Waals surface area contributed by atoms with Gasteiger partial charge in [-0.25, -0.2) is 0 Å². The molecular weight excluding hydrogens is 200 g/mol. The van der Waals surface area contributed by atoms with E-state index in [0.29, 0.717) is 5.52 Å². The molecule has 2 rings (SSSR count). The van der Waals surface area contributed by atoms with Crippen molar-refractivity contribution < 1.29 is 0 Å². The van der Waals surface area contributed by atoms with E-state index in [1.54, 1.807) is 12.3 Å². The first-order valence-corrected chi connectivity index (χ1v) is 5.77. The van der Waals surface area contributed by atoms with E-state index in [-0.39, 0.29) is 5.43 Å². The average Bonchev–Trinajstić information content (AvgIpc) is 2.33. The molecule has 0 radical (unpaired) electrons. The number of pyridine rings is 2. The maximum absolute atomic E-state index is 11.6. The van der Waals surface area contributed by atoms with E-state index < -0.39 is 0 Å². The topological polar surface area (TPSA) is 34.9 Å². The Labute approximate surface area is 94.7 Å². The second-order valence-corrected chi connectivity index (χ2v) is 3.95. The fraction of sp³-hybridized carbons (Fsp3) is 0.385. The predicted molar refractivity (Wildman–Crippen MR) is 65.5 cm³/mol. The number of aryl methyl sites for hydroxylation is 1. The minimum absolute atomic E-state index is 0.00217. The Balaban J connectivity index is 2.38. The quantitative estimate of drug-likeness (QED) is 0.736. The molecule has 2 aromatic rings. The zero-order valence-electron chi connectivity index (χ0n) is 9.52. The van der Waals surface area contributed by atoms with Gasteiger partial charge in [-0.2, -0.15) is 0 Å². The summed E-state index contributed by atoms with van der Waals surface area (Å²) >= 11 is 0. The first kappa shape index (κ1) is 10.9. The van der Waals surface area contributed by atoms with Crippen LogP contribution in [-0.4, -0.2) is 9.55 Å². The van der Waals surface area contributed by atoms with Crippen LogP contribution in [0.1, 0.15) is 26.2 Å². The summed E-state index contributed by atoms with van der Waals surface area (Å²) < 4.78 is 2.11. The first-order chi connectivity index (χ1) is 7.83. The summed E-state index contributed by atoms with van der Waals surface area (Å²) in [5, 5.41) is 0. The van der Waals surface area contributed by atoms with Gasteiger partial charge < -0.3 is 4.57 Å². The van der Waals surface area contributed by atoms with Gasteiger partial charge in [0, 0.05) is 25.0 Å². The zero-order chi connectivity index (χ0) is 11.4. The molecule has 0 atom stereocenters. The molecule has 0 aliphatic rings. The minimum Gasteiger partial charge on any atom is -0.346 e. The van der Waals surface area contributed by atoms with E-state index in [1.807, 2.05) is 18.3 Å². The zero-order valence-corrected chi connectivity index (χ0v) is 9.52. The molecule has 84 valence electrons. The average molecular weight is 216 g/mol. The summed E-state index contributed by atoms with van der Waals surface area (Å²) in [6, 6.07) is 5.43. The summed E-state index contributed by atoms with van der Waals surface area (Å²) in [7, 11) is 0. The standard InChI is InChI=1S/C13H16N2O/c1-2-3-4-9-15-10-7-12(16)13-11(15)6-5-8-14-13/h5-8,10H,2-4,9H2,1H3. The van der Waals surface area contributed by atoms with Gasteiger partial charge in [-0.3, -0.25) is 9.78 Å². The number of fused-ring (bicyclic) bond motifs is 1. The van der Waals surface area contributed by atoms with Crippen molar-refractivity contribution in [1.29, 1.82) is 0 Å². The van der Waals surface area contributed by atoms with Crippen molar-refractivity contribution in [1.82, 2.24) is 9.55 Å². The van der Waals surface area contributed by atoms with Crippen LogP contribution >= 0.6 is 0 Å². The van der Waals surface area contributed by atoms with E-state index in [1.165, 1.54) is 12.8 Å². The molecule has 16 heavy (non-hydrogen) atoms. The maximum Gasteiger partial charge on any atom is 0.207 e. The Hall–Kier alpha value is -1.64. The Bertz CT molecular complexity index is 531. The third-order valence-electron chi connectivity index (χ3n) is 2.74. The normalized spacial score (nSPS) is 10.8. The van der Waals surface area contributed by atoms with Gasteiger partial charge in [-0.05, 0) is 18.6 Å². The third-order valence-corrected chi connectivity index (χ3v) is 2.74. The highest BCUT2D eigenvalue weighted by Crippen LogP contribution is 2.08. The molecule has 0 saturated carbocycles. The van der Waals surface area contributed by atoms with Crippen LogP contribution in [0.2, 0.25) is 0 Å². The van der Waals surface area contributed by atoms with Gasteiger partial charge in [-0.15, -0.1) is 0 Å². The molecular formula is C13H16N2O. The van der Waals surface area contributed by atoms with Gasteiger partial charge in [0.1, 0.15) is 5.52 Å². The molecule has 0 N–H and O–H groups in total. The Morgan fingerprint density at radius 2 is 2.19 bits per heavy atom. The predicted octanol–water partition coefficient (Wildman–Crippen LogP) is 2.59. The van der Waals surface area contributed by atoms with Gasteiger partial charge >= 0.3 is 0 Å². The summed E-state index contributed by atoms with van der Waals surface area (Å²) in [6.07, 6.45) is 7.09. The molecule has 2 aromatic heterocycles. The lowest BCUT2D eigenvalue weighted by Gasteiger charge is -2.09. The summed E-state index contributed by atoms with van der Waals surface area (Å²) in [5.74, 6) is 0. The molecule has 0 bridgehead atoms. The number of nitrogens with zero attached hydrogens (tertiary/aromatic N) is 2. The van der Waals surface area contributed by atoms with Crippen molar-refractivity contribution in [3.63, 3.8) is 0 Å². The van der Waals surface area contributed by atoms with Crippen LogP contribution in [0, 0.1) is 0 Å². The van der Waals surface area contributed by atoms with Crippen LogP contribution < -0.4 is 5.43 Å². The fourth-order valence-corrected chi connectivity index (χ4v) is 1.86. The third kappa shape index (κ3) is 2.13. The van der Waals surface area contributed by atoms with E-state index in [4.69, 9.17) is 0 Å². The highest BCUT2D eigenvalue weighted by Gasteiger charge is 2.02. The van der Waals surface area contributed by atoms with Gasteiger partial charge in [0.2, 0.25) is 5.43 Å². The molecule has 2 heterocycles. The molecule has 0 spiro atoms. The molecule has 0 amide bonds. The van der Waals surface area contributed by atoms with Crippen LogP contribution in [0.25, 0.3) is 11.0 Å². The molecule has 3 heteroatoms. The number of aromatic nitrogens is 2. The number of hydrogen-bond donors (Lipinski definition) is 0. The number of unbranched alkanes of at least 4 members (excludes halogenated alkanes) is 2. The van der Waals surface area contributed by atoms with Gasteiger partial charge in [0.25, 0.3) is 0 Å². The van der Waals surface area contributed by atoms with E-state index in [9.17, 15) is 4.79 Å². The lowest BCUT2D eigenvalue weighted by atomic mass is 10.2. The second kappa shape index (κ2) is 4.92. The van der Waals surface area contributed by atoms with Crippen LogP contribution in [0.3, 0.4) is 0 Å². The largest absolute Gasteiger partial charge is 0.346 e. The number of hydrogen-bond acceptors (Lipinski definition) is 2. The molecule has 0 aliphatic heterocycles. The van der Waals surface area contributed by atoms with Crippen molar-refractivity contribution in [2.45, 2.75) is 32.7 Å². The van der Waals surface area contributed by atoms with Gasteiger partial charge in [0.05, 0.1) is 5.52 Å². The molecule has 0 saturated heterocycles. The monoisotopic (exact) mass is 216 g/mol. The maximum atomic E-state index is 11.6. The van der Waals surface area contributed by atoms with Gasteiger partial charge in [0.15, 0.2) is 0 Å². The van der Waals surface area contributed by atoms with Crippen LogP contribution in [0.4, 0.5) is 0 Å². The van der Waals surface area contributed by atoms with Gasteiger partial charge in [-0.1, -0.05) is 19.8 Å². The summed E-state index contributed by atoms with van der Waals surface area (Å²) in [4.78, 5) is 15.7. The van der Waals surface area contributed by atoms with E-state index in [0.717, 1.165) is 18.5 Å². The van der Waals surface area contributed by atoms with Crippen LogP contribution in [0.5, 0.6) is 0 Å². The van der Waals surface area contributed by atoms with Crippen molar-refractivity contribution in [3.05, 3.63) is 40.8 Å². The Kier molecular flexibility index (Phi) is 3.34. The fourth-order valence-electron chi connectivity index (χ4n) is 1.86.